The quantitative estimate of drug-likeness (QED) is 0.663. The van der Waals surface area contributed by atoms with Gasteiger partial charge in [0.2, 0.25) is 0 Å². The molecule has 2 aliphatic rings. The van der Waals surface area contributed by atoms with E-state index in [1.807, 2.05) is 6.92 Å². The molecule has 7 nitrogen and oxygen atoms in total. The van der Waals surface area contributed by atoms with Crippen molar-refractivity contribution in [3.63, 3.8) is 0 Å². The number of likely N-dealkylation sites (N-methyl/N-ethyl adjacent to an activating group) is 1. The zero-order valence-electron chi connectivity index (χ0n) is 18.1. The molecule has 1 heterocycles. The number of benzene rings is 2. The molecule has 7 heteroatoms. The Morgan fingerprint density at radius 1 is 1.13 bits per heavy atom. The van der Waals surface area contributed by atoms with Gasteiger partial charge in [0.25, 0.3) is 17.7 Å². The molecule has 2 aromatic carbocycles. The molecule has 0 saturated heterocycles. The van der Waals surface area contributed by atoms with Gasteiger partial charge in [-0.05, 0) is 76.2 Å². The highest BCUT2D eigenvalue weighted by molar-refractivity contribution is 6.34. The molecule has 1 fully saturated rings. The van der Waals surface area contributed by atoms with Crippen molar-refractivity contribution in [1.29, 1.82) is 0 Å². The van der Waals surface area contributed by atoms with Gasteiger partial charge in [0, 0.05) is 24.2 Å². The van der Waals surface area contributed by atoms with E-state index in [9.17, 15) is 14.4 Å². The third kappa shape index (κ3) is 4.18. The Labute approximate surface area is 182 Å². The normalized spacial score (nSPS) is 16.5. The first-order chi connectivity index (χ1) is 14.9. The van der Waals surface area contributed by atoms with Crippen molar-refractivity contribution in [2.75, 3.05) is 25.1 Å². The van der Waals surface area contributed by atoms with E-state index in [0.29, 0.717) is 41.8 Å². The number of hydrogen-bond donors (Lipinski definition) is 1. The monoisotopic (exact) mass is 421 g/mol. The van der Waals surface area contributed by atoms with Crippen LogP contribution >= 0.6 is 0 Å². The molecule has 1 N–H and O–H groups in total. The molecular formula is C24H27N3O4. The minimum atomic E-state index is -0.430. The zero-order chi connectivity index (χ0) is 22.1. The number of hydrogen-bond acceptors (Lipinski definition) is 5. The lowest BCUT2D eigenvalue weighted by Crippen LogP contribution is -2.41. The summed E-state index contributed by atoms with van der Waals surface area (Å²) in [4.78, 5) is 41.8. The number of imide groups is 1. The highest BCUT2D eigenvalue weighted by atomic mass is 16.5. The van der Waals surface area contributed by atoms with E-state index in [2.05, 4.69) is 24.2 Å². The predicted molar refractivity (Wildman–Crippen MR) is 118 cm³/mol. The lowest BCUT2D eigenvalue weighted by molar-refractivity contribution is 0.0922. The van der Waals surface area contributed by atoms with Crippen molar-refractivity contribution in [3.05, 3.63) is 59.2 Å². The van der Waals surface area contributed by atoms with Crippen LogP contribution in [0.3, 0.4) is 0 Å². The van der Waals surface area contributed by atoms with Gasteiger partial charge in [0.15, 0.2) is 0 Å². The topological polar surface area (TPSA) is 79.0 Å². The van der Waals surface area contributed by atoms with Crippen molar-refractivity contribution in [1.82, 2.24) is 10.2 Å². The molecule has 1 unspecified atom stereocenters. The van der Waals surface area contributed by atoms with Gasteiger partial charge >= 0.3 is 0 Å². The molecule has 2 aromatic rings. The van der Waals surface area contributed by atoms with Gasteiger partial charge in [-0.3, -0.25) is 19.3 Å². The van der Waals surface area contributed by atoms with Gasteiger partial charge in [-0.15, -0.1) is 0 Å². The molecule has 162 valence electrons. The standard InChI is InChI=1S/C24H27N3O4/c1-4-31-19-10-8-18(9-11-19)27-23(29)20-12-5-16(13-21(20)24(27)30)22(28)25-14-15(2)26(3)17-6-7-17/h5,8-13,15,17H,4,6-7,14H2,1-3H3,(H,25,28). The van der Waals surface area contributed by atoms with Crippen molar-refractivity contribution in [2.45, 2.75) is 38.8 Å². The summed E-state index contributed by atoms with van der Waals surface area (Å²) >= 11 is 0. The van der Waals surface area contributed by atoms with Gasteiger partial charge in [-0.25, -0.2) is 4.90 Å². The first-order valence-corrected chi connectivity index (χ1v) is 10.7. The van der Waals surface area contributed by atoms with Crippen LogP contribution < -0.4 is 15.0 Å². The maximum absolute atomic E-state index is 13.0. The van der Waals surface area contributed by atoms with Crippen LogP contribution in [0.25, 0.3) is 0 Å². The van der Waals surface area contributed by atoms with Crippen molar-refractivity contribution in [3.8, 4) is 5.75 Å². The van der Waals surface area contributed by atoms with Crippen LogP contribution in [0.5, 0.6) is 5.75 Å². The third-order valence-electron chi connectivity index (χ3n) is 5.93. The number of fused-ring (bicyclic) bond motifs is 1. The van der Waals surface area contributed by atoms with Gasteiger partial charge < -0.3 is 10.1 Å². The minimum Gasteiger partial charge on any atom is -0.494 e. The zero-order valence-corrected chi connectivity index (χ0v) is 18.1. The second-order valence-corrected chi connectivity index (χ2v) is 8.09. The van der Waals surface area contributed by atoms with E-state index in [0.717, 1.165) is 4.90 Å². The summed E-state index contributed by atoms with van der Waals surface area (Å²) in [5.74, 6) is -0.404. The molecule has 1 aliphatic carbocycles. The number of ether oxygens (including phenoxy) is 1. The van der Waals surface area contributed by atoms with Crippen LogP contribution in [0.15, 0.2) is 42.5 Å². The van der Waals surface area contributed by atoms with Crippen LogP contribution in [0.4, 0.5) is 5.69 Å². The Morgan fingerprint density at radius 3 is 2.45 bits per heavy atom. The molecule has 1 saturated carbocycles. The van der Waals surface area contributed by atoms with Crippen molar-refractivity contribution >= 4 is 23.4 Å². The first kappa shape index (κ1) is 21.1. The van der Waals surface area contributed by atoms with E-state index in [1.165, 1.54) is 18.9 Å². The van der Waals surface area contributed by atoms with Crippen LogP contribution in [-0.4, -0.2) is 54.9 Å². The average molecular weight is 421 g/mol. The second kappa shape index (κ2) is 8.51. The third-order valence-corrected chi connectivity index (χ3v) is 5.93. The molecule has 1 atom stereocenters. The van der Waals surface area contributed by atoms with Gasteiger partial charge in [-0.2, -0.15) is 0 Å². The van der Waals surface area contributed by atoms with E-state index in [-0.39, 0.29) is 17.5 Å². The van der Waals surface area contributed by atoms with Crippen LogP contribution in [0.2, 0.25) is 0 Å². The Balaban J connectivity index is 1.47. The highest BCUT2D eigenvalue weighted by Crippen LogP contribution is 2.30. The summed E-state index contributed by atoms with van der Waals surface area (Å²) in [6, 6.07) is 12.3. The Kier molecular flexibility index (Phi) is 5.78. The fraction of sp³-hybridized carbons (Fsp3) is 0.375. The van der Waals surface area contributed by atoms with Gasteiger partial charge in [0.1, 0.15) is 5.75 Å². The molecule has 31 heavy (non-hydrogen) atoms. The van der Waals surface area contributed by atoms with Crippen molar-refractivity contribution < 1.29 is 19.1 Å². The van der Waals surface area contributed by atoms with Crippen LogP contribution in [0, 0.1) is 0 Å². The molecule has 0 aromatic heterocycles. The number of nitrogens with one attached hydrogen (secondary N) is 1. The van der Waals surface area contributed by atoms with Crippen molar-refractivity contribution in [2.24, 2.45) is 0 Å². The summed E-state index contributed by atoms with van der Waals surface area (Å²) in [7, 11) is 2.07. The number of carbonyl (C=O) groups is 3. The smallest absolute Gasteiger partial charge is 0.266 e. The van der Waals surface area contributed by atoms with E-state index in [4.69, 9.17) is 4.74 Å². The molecule has 0 radical (unpaired) electrons. The Morgan fingerprint density at radius 2 is 1.81 bits per heavy atom. The Bertz CT molecular complexity index is 1010. The fourth-order valence-electron chi connectivity index (χ4n) is 3.80. The summed E-state index contributed by atoms with van der Waals surface area (Å²) < 4.78 is 5.42. The maximum atomic E-state index is 13.0. The SMILES string of the molecule is CCOc1ccc(N2C(=O)c3ccc(C(=O)NCC(C)N(C)C4CC4)cc3C2=O)cc1. The van der Waals surface area contributed by atoms with Gasteiger partial charge in [0.05, 0.1) is 23.4 Å². The summed E-state index contributed by atoms with van der Waals surface area (Å²) in [6.07, 6.45) is 2.42. The maximum Gasteiger partial charge on any atom is 0.266 e. The number of rotatable bonds is 8. The minimum absolute atomic E-state index is 0.226. The lowest BCUT2D eigenvalue weighted by Gasteiger charge is -2.24. The lowest BCUT2D eigenvalue weighted by atomic mass is 10.1. The predicted octanol–water partition coefficient (Wildman–Crippen LogP) is 3.10. The highest BCUT2D eigenvalue weighted by Gasteiger charge is 2.37. The molecule has 1 aliphatic heterocycles. The summed E-state index contributed by atoms with van der Waals surface area (Å²) in [6.45, 7) is 5.02. The van der Waals surface area contributed by atoms with E-state index < -0.39 is 11.8 Å². The van der Waals surface area contributed by atoms with Crippen LogP contribution in [-0.2, 0) is 0 Å². The average Bonchev–Trinajstić information content (AvgIpc) is 3.59. The molecule has 3 amide bonds. The van der Waals surface area contributed by atoms with Crippen LogP contribution in [0.1, 0.15) is 57.8 Å². The number of nitrogens with zero attached hydrogens (tertiary/aromatic N) is 2. The molecule has 4 rings (SSSR count). The number of carbonyl (C=O) groups excluding carboxylic acids is 3. The van der Waals surface area contributed by atoms with Gasteiger partial charge in [-0.1, -0.05) is 0 Å². The summed E-state index contributed by atoms with van der Waals surface area (Å²) in [5.41, 5.74) is 1.39. The number of anilines is 1. The molecule has 0 spiro atoms. The fourth-order valence-corrected chi connectivity index (χ4v) is 3.80. The van der Waals surface area contributed by atoms with E-state index in [1.54, 1.807) is 36.4 Å². The Hall–Kier alpha value is -3.19. The van der Waals surface area contributed by atoms with E-state index >= 15 is 0 Å². The molecule has 0 bridgehead atoms. The summed E-state index contributed by atoms with van der Waals surface area (Å²) in [5, 5.41) is 2.94. The number of amides is 3. The largest absolute Gasteiger partial charge is 0.494 e. The molecular weight excluding hydrogens is 394 g/mol. The first-order valence-electron chi connectivity index (χ1n) is 10.7. The second-order valence-electron chi connectivity index (χ2n) is 8.09.